The summed E-state index contributed by atoms with van der Waals surface area (Å²) in [5.74, 6) is 1.64. The van der Waals surface area contributed by atoms with E-state index in [1.807, 2.05) is 42.5 Å². The van der Waals surface area contributed by atoms with E-state index in [-0.39, 0.29) is 5.88 Å². The van der Waals surface area contributed by atoms with Crippen LogP contribution in [0.2, 0.25) is 0 Å². The number of hydrogen-bond acceptors (Lipinski definition) is 7. The molecule has 31 heavy (non-hydrogen) atoms. The normalized spacial score (nSPS) is 18.1. The first-order chi connectivity index (χ1) is 15.2. The van der Waals surface area contributed by atoms with Gasteiger partial charge >= 0.3 is 0 Å². The van der Waals surface area contributed by atoms with Crippen LogP contribution in [0.1, 0.15) is 11.1 Å². The fraction of sp³-hybridized carbons (Fsp3) is 0.250. The van der Waals surface area contributed by atoms with E-state index in [1.54, 1.807) is 30.5 Å². The first-order valence-electron chi connectivity index (χ1n) is 10.0. The summed E-state index contributed by atoms with van der Waals surface area (Å²) in [5, 5.41) is 22.8. The fourth-order valence-corrected chi connectivity index (χ4v) is 3.05. The first-order valence-corrected chi connectivity index (χ1v) is 10.0. The molecule has 1 fully saturated rings. The zero-order valence-corrected chi connectivity index (χ0v) is 16.9. The average Bonchev–Trinajstić information content (AvgIpc) is 3.59. The van der Waals surface area contributed by atoms with Gasteiger partial charge in [0.15, 0.2) is 5.72 Å². The minimum Gasteiger partial charge on any atom is -0.489 e. The minimum absolute atomic E-state index is 0.273. The lowest BCUT2D eigenvalue weighted by molar-refractivity contribution is 0.120. The Bertz CT molecular complexity index is 1030. The number of epoxide rings is 1. The van der Waals surface area contributed by atoms with Gasteiger partial charge in [-0.25, -0.2) is 4.98 Å². The van der Waals surface area contributed by atoms with Gasteiger partial charge in [-0.2, -0.15) is 5.26 Å². The summed E-state index contributed by atoms with van der Waals surface area (Å²) in [6.45, 7) is 1.32. The van der Waals surface area contributed by atoms with Gasteiger partial charge in [0, 0.05) is 12.7 Å². The molecule has 2 atom stereocenters. The Labute approximate surface area is 180 Å². The number of aromatic nitrogens is 1. The molecule has 0 amide bonds. The summed E-state index contributed by atoms with van der Waals surface area (Å²) in [6, 6.07) is 22.3. The molecule has 1 aliphatic heterocycles. The lowest BCUT2D eigenvalue weighted by Gasteiger charge is -2.18. The number of nitrogens with zero attached hydrogens (tertiary/aromatic N) is 2. The number of pyridine rings is 1. The van der Waals surface area contributed by atoms with Crippen LogP contribution in [0.3, 0.4) is 0 Å². The quantitative estimate of drug-likeness (QED) is 0.489. The molecule has 2 heterocycles. The van der Waals surface area contributed by atoms with Crippen molar-refractivity contribution in [3.05, 3.63) is 84.1 Å². The van der Waals surface area contributed by atoms with Crippen molar-refractivity contribution in [1.82, 2.24) is 10.3 Å². The number of ether oxygens (including phenoxy) is 3. The zero-order chi connectivity index (χ0) is 21.5. The van der Waals surface area contributed by atoms with Crippen LogP contribution in [0, 0.1) is 11.3 Å². The maximum Gasteiger partial charge on any atom is 0.237 e. The Hall–Kier alpha value is -3.44. The predicted molar refractivity (Wildman–Crippen MR) is 114 cm³/mol. The highest BCUT2D eigenvalue weighted by Gasteiger charge is 2.45. The Morgan fingerprint density at radius 3 is 2.58 bits per heavy atom. The highest BCUT2D eigenvalue weighted by molar-refractivity contribution is 5.40. The molecular formula is C24H23N3O4. The van der Waals surface area contributed by atoms with Crippen LogP contribution in [0.25, 0.3) is 0 Å². The SMILES string of the molecule is N#Cc1cccnc1Oc1ccc(C[C@H](O)CNC2(COc3ccccc3)CO2)cc1. The third kappa shape index (κ3) is 5.80. The van der Waals surface area contributed by atoms with Gasteiger partial charge in [-0.1, -0.05) is 30.3 Å². The van der Waals surface area contributed by atoms with Crippen LogP contribution in [0.5, 0.6) is 17.4 Å². The number of aliphatic hydroxyl groups is 1. The highest BCUT2D eigenvalue weighted by Crippen LogP contribution is 2.26. The molecule has 0 aliphatic carbocycles. The van der Waals surface area contributed by atoms with Gasteiger partial charge in [0.25, 0.3) is 0 Å². The second-order valence-corrected chi connectivity index (χ2v) is 7.34. The number of aliphatic hydroxyl groups excluding tert-OH is 1. The monoisotopic (exact) mass is 417 g/mol. The maximum absolute atomic E-state index is 10.4. The molecule has 3 aromatic rings. The fourth-order valence-electron chi connectivity index (χ4n) is 3.05. The third-order valence-electron chi connectivity index (χ3n) is 4.87. The first kappa shape index (κ1) is 20.8. The van der Waals surface area contributed by atoms with Gasteiger partial charge < -0.3 is 19.3 Å². The number of rotatable bonds is 10. The summed E-state index contributed by atoms with van der Waals surface area (Å²) in [4.78, 5) is 4.09. The number of benzene rings is 2. The molecule has 0 saturated carbocycles. The van der Waals surface area contributed by atoms with Gasteiger partial charge in [-0.15, -0.1) is 0 Å². The van der Waals surface area contributed by atoms with Crippen molar-refractivity contribution < 1.29 is 19.3 Å². The number of nitrogens with one attached hydrogen (secondary N) is 1. The van der Waals surface area contributed by atoms with Crippen LogP contribution in [0.4, 0.5) is 0 Å². The van der Waals surface area contributed by atoms with E-state index in [4.69, 9.17) is 19.5 Å². The number of nitriles is 1. The molecule has 2 aromatic carbocycles. The third-order valence-corrected chi connectivity index (χ3v) is 4.87. The van der Waals surface area contributed by atoms with Crippen molar-refractivity contribution in [2.75, 3.05) is 19.8 Å². The summed E-state index contributed by atoms with van der Waals surface area (Å²) in [5.41, 5.74) is 0.811. The Morgan fingerprint density at radius 2 is 1.87 bits per heavy atom. The molecule has 7 nitrogen and oxygen atoms in total. The summed E-state index contributed by atoms with van der Waals surface area (Å²) in [6.07, 6.45) is 1.48. The summed E-state index contributed by atoms with van der Waals surface area (Å²) >= 11 is 0. The van der Waals surface area contributed by atoms with E-state index in [9.17, 15) is 5.11 Å². The van der Waals surface area contributed by atoms with Crippen LogP contribution >= 0.6 is 0 Å². The lowest BCUT2D eigenvalue weighted by Crippen LogP contribution is -2.43. The molecule has 7 heteroatoms. The van der Waals surface area contributed by atoms with E-state index in [2.05, 4.69) is 16.4 Å². The van der Waals surface area contributed by atoms with Crippen molar-refractivity contribution in [3.63, 3.8) is 0 Å². The minimum atomic E-state index is -0.578. The Kier molecular flexibility index (Phi) is 6.43. The van der Waals surface area contributed by atoms with Crippen molar-refractivity contribution in [3.8, 4) is 23.4 Å². The molecule has 0 radical (unpaired) electrons. The van der Waals surface area contributed by atoms with E-state index < -0.39 is 11.8 Å². The molecule has 1 aliphatic rings. The second-order valence-electron chi connectivity index (χ2n) is 7.34. The van der Waals surface area contributed by atoms with Crippen molar-refractivity contribution in [1.29, 1.82) is 5.26 Å². The molecule has 0 spiro atoms. The second kappa shape index (κ2) is 9.58. The van der Waals surface area contributed by atoms with Gasteiger partial charge in [-0.3, -0.25) is 5.32 Å². The van der Waals surface area contributed by atoms with E-state index in [0.717, 1.165) is 11.3 Å². The molecular weight excluding hydrogens is 394 g/mol. The molecule has 2 N–H and O–H groups in total. The van der Waals surface area contributed by atoms with Gasteiger partial charge in [-0.05, 0) is 48.4 Å². The Morgan fingerprint density at radius 1 is 1.10 bits per heavy atom. The van der Waals surface area contributed by atoms with Crippen LogP contribution in [0.15, 0.2) is 72.9 Å². The van der Waals surface area contributed by atoms with E-state index >= 15 is 0 Å². The standard InChI is InChI=1S/C24H23N3O4/c25-14-19-5-4-12-26-23(19)31-22-10-8-18(9-11-22)13-20(28)15-27-24(17-30-24)16-29-21-6-2-1-3-7-21/h1-12,20,27-28H,13,15-17H2/t20-,24?/m0/s1. The topological polar surface area (TPSA) is 99.9 Å². The van der Waals surface area contributed by atoms with E-state index in [1.165, 1.54) is 0 Å². The number of hydrogen-bond donors (Lipinski definition) is 2. The molecule has 0 bridgehead atoms. The maximum atomic E-state index is 10.4. The van der Waals surface area contributed by atoms with Crippen molar-refractivity contribution in [2.45, 2.75) is 18.2 Å². The van der Waals surface area contributed by atoms with Crippen LogP contribution < -0.4 is 14.8 Å². The molecule has 1 saturated heterocycles. The van der Waals surface area contributed by atoms with Crippen LogP contribution in [-0.2, 0) is 11.2 Å². The highest BCUT2D eigenvalue weighted by atomic mass is 16.6. The summed E-state index contributed by atoms with van der Waals surface area (Å²) in [7, 11) is 0. The van der Waals surface area contributed by atoms with Gasteiger partial charge in [0.1, 0.15) is 29.7 Å². The molecule has 1 unspecified atom stereocenters. The number of para-hydroxylation sites is 1. The predicted octanol–water partition coefficient (Wildman–Crippen LogP) is 3.04. The smallest absolute Gasteiger partial charge is 0.237 e. The van der Waals surface area contributed by atoms with Gasteiger partial charge in [0.05, 0.1) is 12.7 Å². The van der Waals surface area contributed by atoms with Crippen molar-refractivity contribution >= 4 is 0 Å². The summed E-state index contributed by atoms with van der Waals surface area (Å²) < 4.78 is 17.0. The van der Waals surface area contributed by atoms with Crippen molar-refractivity contribution in [2.24, 2.45) is 0 Å². The lowest BCUT2D eigenvalue weighted by atomic mass is 10.1. The molecule has 4 rings (SSSR count). The average molecular weight is 417 g/mol. The molecule has 158 valence electrons. The van der Waals surface area contributed by atoms with Crippen LogP contribution in [-0.4, -0.2) is 41.7 Å². The van der Waals surface area contributed by atoms with Gasteiger partial charge in [0.2, 0.25) is 5.88 Å². The molecule has 1 aromatic heterocycles. The Balaban J connectivity index is 1.24. The zero-order valence-electron chi connectivity index (χ0n) is 16.9. The largest absolute Gasteiger partial charge is 0.489 e. The van der Waals surface area contributed by atoms with E-state index in [0.29, 0.717) is 37.5 Å².